The summed E-state index contributed by atoms with van der Waals surface area (Å²) in [4.78, 5) is 0.127. The molecule has 2 N–H and O–H groups in total. The first-order valence-corrected chi connectivity index (χ1v) is 7.90. The molecule has 6 heteroatoms. The Hall–Kier alpha value is -2.21. The standard InChI is InChI=1S/C15H17NO4S/c1-19-13-5-3-4-11(8-13)10-21(17,18)15-7-6-12(16)9-14(15)20-2/h3-9H,10,16H2,1-2H3. The molecule has 0 unspecified atom stereocenters. The summed E-state index contributed by atoms with van der Waals surface area (Å²) >= 11 is 0. The third-order valence-corrected chi connectivity index (χ3v) is 4.73. The van der Waals surface area contributed by atoms with Gasteiger partial charge in [-0.1, -0.05) is 12.1 Å². The Morgan fingerprint density at radius 1 is 1.05 bits per heavy atom. The predicted octanol–water partition coefficient (Wildman–Crippen LogP) is 2.26. The highest BCUT2D eigenvalue weighted by Crippen LogP contribution is 2.29. The first kappa shape index (κ1) is 15.2. The molecule has 0 heterocycles. The number of sulfone groups is 1. The van der Waals surface area contributed by atoms with Gasteiger partial charge >= 0.3 is 0 Å². The van der Waals surface area contributed by atoms with Crippen molar-refractivity contribution in [3.8, 4) is 11.5 Å². The van der Waals surface area contributed by atoms with Gasteiger partial charge < -0.3 is 15.2 Å². The van der Waals surface area contributed by atoms with E-state index in [9.17, 15) is 8.42 Å². The number of ether oxygens (including phenoxy) is 2. The number of benzene rings is 2. The van der Waals surface area contributed by atoms with Crippen molar-refractivity contribution in [2.24, 2.45) is 0 Å². The molecule has 0 bridgehead atoms. The van der Waals surface area contributed by atoms with Crippen molar-refractivity contribution in [2.45, 2.75) is 10.6 Å². The second-order valence-corrected chi connectivity index (χ2v) is 6.48. The highest BCUT2D eigenvalue weighted by atomic mass is 32.2. The molecule has 0 fully saturated rings. The zero-order chi connectivity index (χ0) is 15.5. The van der Waals surface area contributed by atoms with Gasteiger partial charge in [-0.3, -0.25) is 0 Å². The van der Waals surface area contributed by atoms with Crippen LogP contribution in [-0.4, -0.2) is 22.6 Å². The van der Waals surface area contributed by atoms with E-state index >= 15 is 0 Å². The van der Waals surface area contributed by atoms with Gasteiger partial charge in [-0.2, -0.15) is 0 Å². The van der Waals surface area contributed by atoms with Crippen LogP contribution in [-0.2, 0) is 15.6 Å². The highest BCUT2D eigenvalue weighted by molar-refractivity contribution is 7.90. The first-order chi connectivity index (χ1) is 9.96. The van der Waals surface area contributed by atoms with Crippen LogP contribution < -0.4 is 15.2 Å². The number of anilines is 1. The van der Waals surface area contributed by atoms with Gasteiger partial charge in [0, 0.05) is 11.8 Å². The zero-order valence-corrected chi connectivity index (χ0v) is 12.7. The van der Waals surface area contributed by atoms with Gasteiger partial charge in [-0.05, 0) is 29.8 Å². The SMILES string of the molecule is COc1cccc(CS(=O)(=O)c2ccc(N)cc2OC)c1. The second kappa shape index (κ2) is 6.05. The molecular weight excluding hydrogens is 290 g/mol. The Labute approximate surface area is 124 Å². The van der Waals surface area contributed by atoms with E-state index in [0.717, 1.165) is 0 Å². The van der Waals surface area contributed by atoms with E-state index in [1.807, 2.05) is 0 Å². The van der Waals surface area contributed by atoms with E-state index in [-0.39, 0.29) is 16.4 Å². The molecular formula is C15H17NO4S. The molecule has 21 heavy (non-hydrogen) atoms. The van der Waals surface area contributed by atoms with Crippen LogP contribution >= 0.6 is 0 Å². The van der Waals surface area contributed by atoms with Crippen molar-refractivity contribution < 1.29 is 17.9 Å². The molecule has 0 radical (unpaired) electrons. The molecule has 5 nitrogen and oxygen atoms in total. The molecule has 0 aromatic heterocycles. The number of nitrogens with two attached hydrogens (primary N) is 1. The van der Waals surface area contributed by atoms with Crippen LogP contribution in [0.25, 0.3) is 0 Å². The Bertz CT molecular complexity index is 741. The molecule has 0 atom stereocenters. The summed E-state index contributed by atoms with van der Waals surface area (Å²) in [5.74, 6) is 0.731. The minimum Gasteiger partial charge on any atom is -0.497 e. The zero-order valence-electron chi connectivity index (χ0n) is 11.9. The van der Waals surface area contributed by atoms with Crippen LogP contribution in [0.1, 0.15) is 5.56 Å². The maximum Gasteiger partial charge on any atom is 0.186 e. The summed E-state index contributed by atoms with van der Waals surface area (Å²) in [5, 5.41) is 0. The third kappa shape index (κ3) is 3.46. The lowest BCUT2D eigenvalue weighted by Crippen LogP contribution is -2.07. The Morgan fingerprint density at radius 2 is 1.81 bits per heavy atom. The number of methoxy groups -OCH3 is 2. The van der Waals surface area contributed by atoms with Crippen LogP contribution in [0.15, 0.2) is 47.4 Å². The first-order valence-electron chi connectivity index (χ1n) is 6.25. The summed E-state index contributed by atoms with van der Waals surface area (Å²) in [6, 6.07) is 11.5. The molecule has 0 spiro atoms. The number of rotatable bonds is 5. The maximum absolute atomic E-state index is 12.5. The van der Waals surface area contributed by atoms with Crippen molar-refractivity contribution in [3.63, 3.8) is 0 Å². The largest absolute Gasteiger partial charge is 0.497 e. The minimum atomic E-state index is -3.53. The topological polar surface area (TPSA) is 78.6 Å². The molecule has 0 amide bonds. The van der Waals surface area contributed by atoms with Crippen molar-refractivity contribution in [2.75, 3.05) is 20.0 Å². The Balaban J connectivity index is 2.38. The normalized spacial score (nSPS) is 11.1. The summed E-state index contributed by atoms with van der Waals surface area (Å²) in [6.07, 6.45) is 0. The summed E-state index contributed by atoms with van der Waals surface area (Å²) in [6.45, 7) is 0. The fourth-order valence-electron chi connectivity index (χ4n) is 2.00. The van der Waals surface area contributed by atoms with Crippen LogP contribution in [0.4, 0.5) is 5.69 Å². The number of nitrogen functional groups attached to an aromatic ring is 1. The monoisotopic (exact) mass is 307 g/mol. The van der Waals surface area contributed by atoms with E-state index in [0.29, 0.717) is 17.0 Å². The molecule has 2 aromatic carbocycles. The fraction of sp³-hybridized carbons (Fsp3) is 0.200. The average molecular weight is 307 g/mol. The number of hydrogen-bond donors (Lipinski definition) is 1. The molecule has 112 valence electrons. The van der Waals surface area contributed by atoms with Gasteiger partial charge in [-0.15, -0.1) is 0 Å². The summed E-state index contributed by atoms with van der Waals surface area (Å²) in [7, 11) is -0.580. The van der Waals surface area contributed by atoms with Gasteiger partial charge in [0.2, 0.25) is 0 Å². The van der Waals surface area contributed by atoms with E-state index in [1.54, 1.807) is 30.3 Å². The fourth-order valence-corrected chi connectivity index (χ4v) is 3.50. The molecule has 2 aromatic rings. The van der Waals surface area contributed by atoms with Gasteiger partial charge in [-0.25, -0.2) is 8.42 Å². The second-order valence-electron chi connectivity index (χ2n) is 4.52. The van der Waals surface area contributed by atoms with Gasteiger partial charge in [0.15, 0.2) is 9.84 Å². The van der Waals surface area contributed by atoms with Crippen LogP contribution in [0.5, 0.6) is 11.5 Å². The third-order valence-electron chi connectivity index (χ3n) is 3.01. The Kier molecular flexibility index (Phi) is 4.37. The minimum absolute atomic E-state index is 0.127. The van der Waals surface area contributed by atoms with Crippen molar-refractivity contribution >= 4 is 15.5 Å². The highest BCUT2D eigenvalue weighted by Gasteiger charge is 2.20. The predicted molar refractivity (Wildman–Crippen MR) is 81.3 cm³/mol. The van der Waals surface area contributed by atoms with E-state index in [2.05, 4.69) is 0 Å². The van der Waals surface area contributed by atoms with Crippen molar-refractivity contribution in [1.29, 1.82) is 0 Å². The lowest BCUT2D eigenvalue weighted by atomic mass is 10.2. The molecule has 0 aliphatic heterocycles. The lowest BCUT2D eigenvalue weighted by Gasteiger charge is -2.11. The Morgan fingerprint density at radius 3 is 2.48 bits per heavy atom. The van der Waals surface area contributed by atoms with Crippen LogP contribution in [0, 0.1) is 0 Å². The van der Waals surface area contributed by atoms with E-state index < -0.39 is 9.84 Å². The van der Waals surface area contributed by atoms with Crippen molar-refractivity contribution in [3.05, 3.63) is 48.0 Å². The summed E-state index contributed by atoms with van der Waals surface area (Å²) < 4.78 is 35.3. The van der Waals surface area contributed by atoms with Crippen molar-refractivity contribution in [1.82, 2.24) is 0 Å². The molecule has 2 rings (SSSR count). The summed E-state index contributed by atoms with van der Waals surface area (Å²) in [5.41, 5.74) is 6.74. The molecule has 0 aliphatic rings. The molecule has 0 aliphatic carbocycles. The van der Waals surface area contributed by atoms with Crippen LogP contribution in [0.2, 0.25) is 0 Å². The molecule has 0 saturated heterocycles. The van der Waals surface area contributed by atoms with E-state index in [1.165, 1.54) is 26.4 Å². The lowest BCUT2D eigenvalue weighted by molar-refractivity contribution is 0.403. The smallest absolute Gasteiger partial charge is 0.186 e. The average Bonchev–Trinajstić information content (AvgIpc) is 2.46. The van der Waals surface area contributed by atoms with Gasteiger partial charge in [0.1, 0.15) is 16.4 Å². The van der Waals surface area contributed by atoms with Gasteiger partial charge in [0.05, 0.1) is 20.0 Å². The maximum atomic E-state index is 12.5. The van der Waals surface area contributed by atoms with Crippen LogP contribution in [0.3, 0.4) is 0 Å². The number of hydrogen-bond acceptors (Lipinski definition) is 5. The quantitative estimate of drug-likeness (QED) is 0.857. The van der Waals surface area contributed by atoms with Gasteiger partial charge in [0.25, 0.3) is 0 Å². The molecule has 0 saturated carbocycles. The van der Waals surface area contributed by atoms with E-state index in [4.69, 9.17) is 15.2 Å².